The molecule has 0 aliphatic rings. The maximum Gasteiger partial charge on any atom is 0.252 e. The van der Waals surface area contributed by atoms with Gasteiger partial charge < -0.3 is 20.2 Å². The van der Waals surface area contributed by atoms with E-state index in [1.807, 2.05) is 55.5 Å². The van der Waals surface area contributed by atoms with Gasteiger partial charge in [0.25, 0.3) is 5.56 Å². The average molecular weight is 431 g/mol. The molecular weight excluding hydrogens is 400 g/mol. The van der Waals surface area contributed by atoms with Crippen LogP contribution in [0.5, 0.6) is 11.5 Å². The fourth-order valence-electron chi connectivity index (χ4n) is 4.02. The van der Waals surface area contributed by atoms with E-state index in [9.17, 15) is 4.79 Å². The predicted octanol–water partition coefficient (Wildman–Crippen LogP) is 5.58. The van der Waals surface area contributed by atoms with Gasteiger partial charge in [-0.25, -0.2) is 0 Å². The van der Waals surface area contributed by atoms with Crippen LogP contribution in [0.15, 0.2) is 65.5 Å². The number of H-pyrrole nitrogens is 1. The lowest BCUT2D eigenvalue weighted by atomic mass is 9.95. The summed E-state index contributed by atoms with van der Waals surface area (Å²) in [6.07, 6.45) is 1.22. The molecule has 0 saturated carbocycles. The van der Waals surface area contributed by atoms with E-state index in [0.717, 1.165) is 38.8 Å². The topological polar surface area (TPSA) is 77.3 Å². The molecule has 5 heteroatoms. The SMILES string of the molecule is C.CCc1[nH]c(=O)c(Cc2cccc(-c3cccc(N)c3)c2)c2cc(OC)c(OC)cc12. The van der Waals surface area contributed by atoms with Crippen LogP contribution in [0.1, 0.15) is 31.2 Å². The number of nitrogens with two attached hydrogens (primary N) is 1. The van der Waals surface area contributed by atoms with Crippen LogP contribution in [0.4, 0.5) is 5.69 Å². The van der Waals surface area contributed by atoms with Crippen molar-refractivity contribution in [3.63, 3.8) is 0 Å². The predicted molar refractivity (Wildman–Crippen MR) is 133 cm³/mol. The highest BCUT2D eigenvalue weighted by atomic mass is 16.5. The first kappa shape index (κ1) is 22.9. The first-order valence-electron chi connectivity index (χ1n) is 10.3. The Morgan fingerprint density at radius 2 is 1.50 bits per heavy atom. The molecule has 5 nitrogen and oxygen atoms in total. The van der Waals surface area contributed by atoms with Crippen LogP contribution in [0.2, 0.25) is 0 Å². The molecule has 0 aliphatic heterocycles. The number of hydrogen-bond donors (Lipinski definition) is 2. The van der Waals surface area contributed by atoms with Crippen molar-refractivity contribution in [3.8, 4) is 22.6 Å². The summed E-state index contributed by atoms with van der Waals surface area (Å²) in [4.78, 5) is 16.1. The highest BCUT2D eigenvalue weighted by Crippen LogP contribution is 2.35. The summed E-state index contributed by atoms with van der Waals surface area (Å²) in [6, 6.07) is 19.8. The van der Waals surface area contributed by atoms with Crippen LogP contribution < -0.4 is 20.8 Å². The third-order valence-corrected chi connectivity index (χ3v) is 5.59. The molecule has 0 amide bonds. The van der Waals surface area contributed by atoms with Crippen molar-refractivity contribution in [1.82, 2.24) is 4.98 Å². The highest BCUT2D eigenvalue weighted by molar-refractivity contribution is 5.91. The van der Waals surface area contributed by atoms with Crippen molar-refractivity contribution < 1.29 is 9.47 Å². The van der Waals surface area contributed by atoms with Gasteiger partial charge in [0, 0.05) is 28.8 Å². The number of fused-ring (bicyclic) bond motifs is 1. The lowest BCUT2D eigenvalue weighted by molar-refractivity contribution is 0.356. The molecule has 1 heterocycles. The molecule has 0 aliphatic carbocycles. The molecule has 32 heavy (non-hydrogen) atoms. The highest BCUT2D eigenvalue weighted by Gasteiger charge is 2.16. The molecule has 3 N–H and O–H groups in total. The second-order valence-electron chi connectivity index (χ2n) is 7.52. The van der Waals surface area contributed by atoms with E-state index in [2.05, 4.69) is 17.1 Å². The number of methoxy groups -OCH3 is 2. The van der Waals surface area contributed by atoms with Gasteiger partial charge in [-0.3, -0.25) is 4.79 Å². The Morgan fingerprint density at radius 3 is 2.12 bits per heavy atom. The Hall–Kier alpha value is -3.73. The van der Waals surface area contributed by atoms with Crippen LogP contribution >= 0.6 is 0 Å². The normalized spacial score (nSPS) is 10.6. The maximum atomic E-state index is 13.0. The van der Waals surface area contributed by atoms with Gasteiger partial charge in [-0.15, -0.1) is 0 Å². The molecule has 0 radical (unpaired) electrons. The maximum absolute atomic E-state index is 13.0. The van der Waals surface area contributed by atoms with Gasteiger partial charge in [0.2, 0.25) is 0 Å². The number of nitrogens with one attached hydrogen (secondary N) is 1. The van der Waals surface area contributed by atoms with Gasteiger partial charge in [0.1, 0.15) is 0 Å². The lowest BCUT2D eigenvalue weighted by Crippen LogP contribution is -2.16. The third-order valence-electron chi connectivity index (χ3n) is 5.59. The molecule has 0 atom stereocenters. The summed E-state index contributed by atoms with van der Waals surface area (Å²) >= 11 is 0. The van der Waals surface area contributed by atoms with E-state index in [1.54, 1.807) is 14.2 Å². The van der Waals surface area contributed by atoms with Gasteiger partial charge >= 0.3 is 0 Å². The molecule has 0 spiro atoms. The first-order valence-corrected chi connectivity index (χ1v) is 10.3. The van der Waals surface area contributed by atoms with Crippen molar-refractivity contribution in [2.75, 3.05) is 20.0 Å². The fraction of sp³-hybridized carbons (Fsp3) is 0.222. The second kappa shape index (κ2) is 9.60. The van der Waals surface area contributed by atoms with Crippen LogP contribution in [0, 0.1) is 0 Å². The largest absolute Gasteiger partial charge is 0.493 e. The molecule has 1 aromatic heterocycles. The molecule has 0 saturated heterocycles. The number of aryl methyl sites for hydroxylation is 1. The molecule has 0 unspecified atom stereocenters. The standard InChI is InChI=1S/C26H26N2O3.CH4/c1-4-23-21-15-25(31-3)24(30-2)14-20(21)22(26(29)28-23)12-16-7-5-8-17(11-16)18-9-6-10-19(27)13-18;/h5-11,13-15H,4,12,27H2,1-3H3,(H,28,29);1H4. The minimum absolute atomic E-state index is 0. The number of anilines is 1. The fourth-order valence-corrected chi connectivity index (χ4v) is 4.02. The van der Waals surface area contributed by atoms with Gasteiger partial charge in [-0.05, 0) is 52.8 Å². The van der Waals surface area contributed by atoms with Gasteiger partial charge in [-0.1, -0.05) is 50.7 Å². The lowest BCUT2D eigenvalue weighted by Gasteiger charge is -2.14. The van der Waals surface area contributed by atoms with Gasteiger partial charge in [0.15, 0.2) is 11.5 Å². The smallest absolute Gasteiger partial charge is 0.252 e. The number of ether oxygens (including phenoxy) is 2. The number of hydrogen-bond acceptors (Lipinski definition) is 4. The quantitative estimate of drug-likeness (QED) is 0.391. The van der Waals surface area contributed by atoms with Crippen LogP contribution in [-0.2, 0) is 12.8 Å². The molecule has 3 aromatic carbocycles. The van der Waals surface area contributed by atoms with Gasteiger partial charge in [-0.2, -0.15) is 0 Å². The first-order chi connectivity index (χ1) is 15.0. The third kappa shape index (κ3) is 4.33. The van der Waals surface area contributed by atoms with Crippen LogP contribution in [-0.4, -0.2) is 19.2 Å². The zero-order valence-electron chi connectivity index (χ0n) is 18.0. The number of aromatic nitrogens is 1. The minimum Gasteiger partial charge on any atom is -0.493 e. The Balaban J connectivity index is 0.00000289. The number of aromatic amines is 1. The summed E-state index contributed by atoms with van der Waals surface area (Å²) in [5.74, 6) is 1.25. The van der Waals surface area contributed by atoms with Crippen molar-refractivity contribution >= 4 is 16.5 Å². The molecule has 4 aromatic rings. The summed E-state index contributed by atoms with van der Waals surface area (Å²) in [5.41, 5.74) is 11.4. The summed E-state index contributed by atoms with van der Waals surface area (Å²) in [5, 5.41) is 1.86. The average Bonchev–Trinajstić information content (AvgIpc) is 2.80. The molecule has 166 valence electrons. The van der Waals surface area contributed by atoms with E-state index in [4.69, 9.17) is 15.2 Å². The van der Waals surface area contributed by atoms with Crippen LogP contribution in [0.25, 0.3) is 21.9 Å². The Kier molecular flexibility index (Phi) is 6.89. The van der Waals surface area contributed by atoms with Crippen molar-refractivity contribution in [2.24, 2.45) is 0 Å². The summed E-state index contributed by atoms with van der Waals surface area (Å²) in [7, 11) is 3.22. The van der Waals surface area contributed by atoms with Crippen LogP contribution in [0.3, 0.4) is 0 Å². The monoisotopic (exact) mass is 430 g/mol. The van der Waals surface area contributed by atoms with E-state index in [1.165, 1.54) is 0 Å². The van der Waals surface area contributed by atoms with E-state index in [0.29, 0.717) is 29.9 Å². The Labute approximate surface area is 188 Å². The van der Waals surface area contributed by atoms with Crippen molar-refractivity contribution in [2.45, 2.75) is 27.2 Å². The van der Waals surface area contributed by atoms with E-state index >= 15 is 0 Å². The number of nitrogen functional groups attached to an aromatic ring is 1. The van der Waals surface area contributed by atoms with Crippen molar-refractivity contribution in [3.05, 3.63) is 87.8 Å². The Bertz CT molecular complexity index is 1310. The van der Waals surface area contributed by atoms with Crippen molar-refractivity contribution in [1.29, 1.82) is 0 Å². The number of pyridine rings is 1. The number of benzene rings is 3. The Morgan fingerprint density at radius 1 is 0.875 bits per heavy atom. The van der Waals surface area contributed by atoms with E-state index in [-0.39, 0.29) is 13.0 Å². The minimum atomic E-state index is -0.0778. The second-order valence-corrected chi connectivity index (χ2v) is 7.52. The molecule has 4 rings (SSSR count). The molecule has 0 fully saturated rings. The molecular formula is C27H30N2O3. The van der Waals surface area contributed by atoms with Gasteiger partial charge in [0.05, 0.1) is 14.2 Å². The summed E-state index contributed by atoms with van der Waals surface area (Å²) in [6.45, 7) is 2.02. The number of rotatable bonds is 6. The summed E-state index contributed by atoms with van der Waals surface area (Å²) < 4.78 is 11.0. The zero-order valence-corrected chi connectivity index (χ0v) is 18.0. The molecule has 0 bridgehead atoms. The zero-order chi connectivity index (χ0) is 22.0. The van der Waals surface area contributed by atoms with E-state index < -0.39 is 0 Å².